The summed E-state index contributed by atoms with van der Waals surface area (Å²) in [7, 11) is 0. The quantitative estimate of drug-likeness (QED) is 0.600. The number of rotatable bonds is 4. The normalized spacial score (nSPS) is 18.0. The second-order valence-electron chi connectivity index (χ2n) is 5.80. The van der Waals surface area contributed by atoms with Gasteiger partial charge in [-0.25, -0.2) is 8.91 Å². The number of hydrogen-bond acceptors (Lipinski definition) is 5. The Morgan fingerprint density at radius 2 is 2.36 bits per heavy atom. The average molecular weight is 446 g/mol. The summed E-state index contributed by atoms with van der Waals surface area (Å²) in [4.78, 5) is 5.31. The van der Waals surface area contributed by atoms with Crippen molar-refractivity contribution in [1.29, 1.82) is 0 Å². The standard InChI is InChI=1S/C16H15BrClFN4OS/c17-14-11(10-5-1-2-6-24-10)12(19)13-15(21-16(18)22-23(13)14)20-8-9-4-3-7-25-9/h3-4,7,10H,1-2,5-6,8H2,(H,20,21,22). The van der Waals surface area contributed by atoms with Crippen molar-refractivity contribution in [2.75, 3.05) is 11.9 Å². The lowest BCUT2D eigenvalue weighted by molar-refractivity contribution is 0.0126. The van der Waals surface area contributed by atoms with Crippen molar-refractivity contribution >= 4 is 50.2 Å². The van der Waals surface area contributed by atoms with Crippen molar-refractivity contribution < 1.29 is 9.13 Å². The van der Waals surface area contributed by atoms with E-state index >= 15 is 4.39 Å². The molecule has 0 aliphatic carbocycles. The van der Waals surface area contributed by atoms with E-state index in [0.717, 1.165) is 24.1 Å². The Morgan fingerprint density at radius 1 is 1.48 bits per heavy atom. The molecule has 0 radical (unpaired) electrons. The van der Waals surface area contributed by atoms with E-state index in [1.807, 2.05) is 17.5 Å². The van der Waals surface area contributed by atoms with Crippen molar-refractivity contribution in [2.24, 2.45) is 0 Å². The van der Waals surface area contributed by atoms with E-state index in [0.29, 0.717) is 29.1 Å². The summed E-state index contributed by atoms with van der Waals surface area (Å²) in [5, 5.41) is 9.36. The molecule has 9 heteroatoms. The van der Waals surface area contributed by atoms with Gasteiger partial charge in [0, 0.05) is 11.5 Å². The van der Waals surface area contributed by atoms with Gasteiger partial charge in [-0.15, -0.1) is 16.4 Å². The van der Waals surface area contributed by atoms with Crippen molar-refractivity contribution in [3.05, 3.63) is 43.7 Å². The van der Waals surface area contributed by atoms with Gasteiger partial charge in [-0.2, -0.15) is 4.98 Å². The Balaban J connectivity index is 1.77. The molecule has 0 saturated carbocycles. The van der Waals surface area contributed by atoms with E-state index in [-0.39, 0.29) is 22.7 Å². The van der Waals surface area contributed by atoms with Crippen LogP contribution in [0, 0.1) is 5.82 Å². The largest absolute Gasteiger partial charge is 0.373 e. The van der Waals surface area contributed by atoms with Gasteiger partial charge in [0.2, 0.25) is 5.28 Å². The molecule has 0 aromatic carbocycles. The fourth-order valence-electron chi connectivity index (χ4n) is 3.02. The average Bonchev–Trinajstić information content (AvgIpc) is 3.21. The van der Waals surface area contributed by atoms with Crippen LogP contribution in [0.4, 0.5) is 10.2 Å². The Bertz CT molecular complexity index is 896. The van der Waals surface area contributed by atoms with Gasteiger partial charge in [0.15, 0.2) is 11.6 Å². The maximum atomic E-state index is 15.2. The third-order valence-electron chi connectivity index (χ3n) is 4.19. The van der Waals surface area contributed by atoms with E-state index in [4.69, 9.17) is 16.3 Å². The van der Waals surface area contributed by atoms with E-state index in [1.165, 1.54) is 4.52 Å². The number of halogens is 3. The molecule has 4 heterocycles. The lowest BCUT2D eigenvalue weighted by Gasteiger charge is -2.22. The van der Waals surface area contributed by atoms with Gasteiger partial charge in [0.25, 0.3) is 0 Å². The molecule has 1 aliphatic heterocycles. The van der Waals surface area contributed by atoms with Crippen molar-refractivity contribution in [1.82, 2.24) is 14.6 Å². The highest BCUT2D eigenvalue weighted by atomic mass is 79.9. The first-order valence-corrected chi connectivity index (χ1v) is 10.0. The minimum atomic E-state index is -0.371. The zero-order chi connectivity index (χ0) is 17.4. The number of thiophene rings is 1. The predicted octanol–water partition coefficient (Wildman–Crippen LogP) is 5.20. The number of anilines is 1. The minimum Gasteiger partial charge on any atom is -0.373 e. The fraction of sp³-hybridized carbons (Fsp3) is 0.375. The minimum absolute atomic E-state index is 0.0491. The van der Waals surface area contributed by atoms with Crippen LogP contribution >= 0.6 is 38.9 Å². The summed E-state index contributed by atoms with van der Waals surface area (Å²) in [5.41, 5.74) is 0.757. The van der Waals surface area contributed by atoms with Crippen LogP contribution in [-0.2, 0) is 11.3 Å². The molecule has 25 heavy (non-hydrogen) atoms. The first-order chi connectivity index (χ1) is 12.1. The maximum absolute atomic E-state index is 15.2. The smallest absolute Gasteiger partial charge is 0.243 e. The van der Waals surface area contributed by atoms with Gasteiger partial charge in [-0.05, 0) is 58.2 Å². The summed E-state index contributed by atoms with van der Waals surface area (Å²) in [6, 6.07) is 3.97. The number of nitrogens with one attached hydrogen (secondary N) is 1. The third-order valence-corrected chi connectivity index (χ3v) is 5.99. The van der Waals surface area contributed by atoms with Crippen molar-refractivity contribution in [3.8, 4) is 0 Å². The topological polar surface area (TPSA) is 51.5 Å². The number of aromatic nitrogens is 3. The van der Waals surface area contributed by atoms with Gasteiger partial charge < -0.3 is 10.1 Å². The molecule has 1 atom stereocenters. The van der Waals surface area contributed by atoms with Gasteiger partial charge >= 0.3 is 0 Å². The van der Waals surface area contributed by atoms with Gasteiger partial charge in [0.05, 0.1) is 18.2 Å². The monoisotopic (exact) mass is 444 g/mol. The molecule has 1 aliphatic rings. The van der Waals surface area contributed by atoms with Crippen LogP contribution in [0.15, 0.2) is 22.1 Å². The number of ether oxygens (including phenoxy) is 1. The van der Waals surface area contributed by atoms with E-state index in [1.54, 1.807) is 11.3 Å². The van der Waals surface area contributed by atoms with Gasteiger partial charge in [-0.1, -0.05) is 6.07 Å². The zero-order valence-corrected chi connectivity index (χ0v) is 16.3. The Morgan fingerprint density at radius 3 is 3.08 bits per heavy atom. The zero-order valence-electron chi connectivity index (χ0n) is 13.1. The highest BCUT2D eigenvalue weighted by molar-refractivity contribution is 9.10. The van der Waals surface area contributed by atoms with Crippen LogP contribution in [0.25, 0.3) is 5.52 Å². The Hall–Kier alpha value is -1.22. The summed E-state index contributed by atoms with van der Waals surface area (Å²) < 4.78 is 23.0. The first kappa shape index (κ1) is 17.2. The molecule has 0 bridgehead atoms. The first-order valence-electron chi connectivity index (χ1n) is 7.96. The van der Waals surface area contributed by atoms with Crippen LogP contribution in [0.1, 0.15) is 35.8 Å². The predicted molar refractivity (Wildman–Crippen MR) is 99.8 cm³/mol. The van der Waals surface area contributed by atoms with Crippen molar-refractivity contribution in [3.63, 3.8) is 0 Å². The molecule has 1 N–H and O–H groups in total. The molecule has 1 fully saturated rings. The molecule has 3 aromatic heterocycles. The second-order valence-corrected chi connectivity index (χ2v) is 7.92. The van der Waals surface area contributed by atoms with Gasteiger partial charge in [0.1, 0.15) is 10.1 Å². The molecule has 0 amide bonds. The molecule has 3 aromatic rings. The molecule has 0 spiro atoms. The van der Waals surface area contributed by atoms with Crippen LogP contribution in [0.5, 0.6) is 0 Å². The van der Waals surface area contributed by atoms with Crippen LogP contribution in [-0.4, -0.2) is 21.2 Å². The molecule has 1 unspecified atom stereocenters. The third kappa shape index (κ3) is 3.28. The van der Waals surface area contributed by atoms with E-state index in [2.05, 4.69) is 31.3 Å². The summed E-state index contributed by atoms with van der Waals surface area (Å²) in [6.07, 6.45) is 2.51. The maximum Gasteiger partial charge on any atom is 0.243 e. The number of fused-ring (bicyclic) bond motifs is 1. The van der Waals surface area contributed by atoms with E-state index in [9.17, 15) is 0 Å². The number of hydrogen-bond donors (Lipinski definition) is 1. The highest BCUT2D eigenvalue weighted by Gasteiger charge is 2.29. The Kier molecular flexibility index (Phi) is 4.95. The molecular formula is C16H15BrClFN4OS. The van der Waals surface area contributed by atoms with Gasteiger partial charge in [-0.3, -0.25) is 0 Å². The Labute approximate surface area is 161 Å². The van der Waals surface area contributed by atoms with Crippen LogP contribution in [0.3, 0.4) is 0 Å². The lowest BCUT2D eigenvalue weighted by Crippen LogP contribution is -2.12. The fourth-order valence-corrected chi connectivity index (χ4v) is 4.51. The van der Waals surface area contributed by atoms with Crippen LogP contribution in [0.2, 0.25) is 5.28 Å². The van der Waals surface area contributed by atoms with Crippen molar-refractivity contribution in [2.45, 2.75) is 31.9 Å². The highest BCUT2D eigenvalue weighted by Crippen LogP contribution is 2.39. The molecule has 132 valence electrons. The SMILES string of the molecule is Fc1c(C2CCCCO2)c(Br)n2nc(Cl)nc(NCc3cccs3)c12. The number of nitrogens with zero attached hydrogens (tertiary/aromatic N) is 3. The summed E-state index contributed by atoms with van der Waals surface area (Å²) in [5.74, 6) is -0.00205. The summed E-state index contributed by atoms with van der Waals surface area (Å²) >= 11 is 11.1. The second kappa shape index (κ2) is 7.19. The molecule has 1 saturated heterocycles. The molecular weight excluding hydrogens is 431 g/mol. The lowest BCUT2D eigenvalue weighted by atomic mass is 10.0. The van der Waals surface area contributed by atoms with Crippen LogP contribution < -0.4 is 5.32 Å². The van der Waals surface area contributed by atoms with E-state index < -0.39 is 0 Å². The molecule has 4 rings (SSSR count). The molecule has 5 nitrogen and oxygen atoms in total. The summed E-state index contributed by atoms with van der Waals surface area (Å²) in [6.45, 7) is 1.18.